The topological polar surface area (TPSA) is 67.4 Å². The number of rotatable bonds is 7. The molecule has 0 unspecified atom stereocenters. The van der Waals surface area contributed by atoms with Gasteiger partial charge in [0.05, 0.1) is 23.4 Å². The Bertz CT molecular complexity index is 705. The number of benzene rings is 2. The van der Waals surface area contributed by atoms with Gasteiger partial charge in [0.1, 0.15) is 0 Å². The van der Waals surface area contributed by atoms with Gasteiger partial charge in [0.2, 0.25) is 5.91 Å². The Labute approximate surface area is 146 Å². The van der Waals surface area contributed by atoms with Gasteiger partial charge in [-0.25, -0.2) is 4.79 Å². The zero-order valence-corrected chi connectivity index (χ0v) is 14.1. The molecule has 0 heterocycles. The lowest BCUT2D eigenvalue weighted by molar-refractivity contribution is -0.116. The van der Waals surface area contributed by atoms with Gasteiger partial charge in [-0.1, -0.05) is 41.9 Å². The van der Waals surface area contributed by atoms with Gasteiger partial charge in [-0.2, -0.15) is 0 Å². The van der Waals surface area contributed by atoms with Crippen LogP contribution in [0.1, 0.15) is 22.3 Å². The SMILES string of the molecule is COC(=O)c1ccc(Cl)c(NC(=O)CCNCc2ccccc2)c1. The van der Waals surface area contributed by atoms with Gasteiger partial charge < -0.3 is 15.4 Å². The van der Waals surface area contributed by atoms with Crippen LogP contribution in [0.3, 0.4) is 0 Å². The molecule has 0 bridgehead atoms. The molecule has 2 aromatic rings. The van der Waals surface area contributed by atoms with E-state index in [2.05, 4.69) is 15.4 Å². The summed E-state index contributed by atoms with van der Waals surface area (Å²) in [5.41, 5.74) is 1.89. The van der Waals surface area contributed by atoms with Crippen molar-refractivity contribution in [3.05, 3.63) is 64.7 Å². The van der Waals surface area contributed by atoms with Crippen LogP contribution in [0.2, 0.25) is 5.02 Å². The van der Waals surface area contributed by atoms with Gasteiger partial charge in [-0.15, -0.1) is 0 Å². The zero-order chi connectivity index (χ0) is 17.4. The molecule has 1 amide bonds. The van der Waals surface area contributed by atoms with Crippen LogP contribution in [0, 0.1) is 0 Å². The first-order valence-corrected chi connectivity index (χ1v) is 7.90. The van der Waals surface area contributed by atoms with Gasteiger partial charge in [-0.3, -0.25) is 4.79 Å². The van der Waals surface area contributed by atoms with Gasteiger partial charge in [0, 0.05) is 19.5 Å². The lowest BCUT2D eigenvalue weighted by Crippen LogP contribution is -2.21. The fourth-order valence-electron chi connectivity index (χ4n) is 2.11. The van der Waals surface area contributed by atoms with Crippen LogP contribution in [0.15, 0.2) is 48.5 Å². The number of hydrogen-bond donors (Lipinski definition) is 2. The number of amides is 1. The second-order valence-corrected chi connectivity index (χ2v) is 5.55. The molecule has 0 radical (unpaired) electrons. The molecule has 2 N–H and O–H groups in total. The molecule has 5 nitrogen and oxygen atoms in total. The Balaban J connectivity index is 1.82. The summed E-state index contributed by atoms with van der Waals surface area (Å²) >= 11 is 6.05. The summed E-state index contributed by atoms with van der Waals surface area (Å²) in [5.74, 6) is -0.661. The van der Waals surface area contributed by atoms with Crippen molar-refractivity contribution < 1.29 is 14.3 Å². The van der Waals surface area contributed by atoms with Crippen LogP contribution in [0.5, 0.6) is 0 Å². The molecule has 6 heteroatoms. The smallest absolute Gasteiger partial charge is 0.337 e. The quantitative estimate of drug-likeness (QED) is 0.596. The summed E-state index contributed by atoms with van der Waals surface area (Å²) in [5, 5.41) is 6.28. The largest absolute Gasteiger partial charge is 0.465 e. The number of carbonyl (C=O) groups is 2. The molecule has 0 saturated carbocycles. The average molecular weight is 347 g/mol. The van der Waals surface area contributed by atoms with Gasteiger partial charge in [-0.05, 0) is 23.8 Å². The van der Waals surface area contributed by atoms with Crippen molar-refractivity contribution in [1.29, 1.82) is 0 Å². The lowest BCUT2D eigenvalue weighted by Gasteiger charge is -2.09. The number of halogens is 1. The van der Waals surface area contributed by atoms with E-state index in [1.807, 2.05) is 30.3 Å². The van der Waals surface area contributed by atoms with E-state index in [0.717, 1.165) is 5.56 Å². The van der Waals surface area contributed by atoms with E-state index in [1.54, 1.807) is 12.1 Å². The second kappa shape index (κ2) is 9.05. The monoisotopic (exact) mass is 346 g/mol. The highest BCUT2D eigenvalue weighted by Crippen LogP contribution is 2.23. The van der Waals surface area contributed by atoms with Gasteiger partial charge in [0.25, 0.3) is 0 Å². The van der Waals surface area contributed by atoms with E-state index in [-0.39, 0.29) is 5.91 Å². The first kappa shape index (κ1) is 18.0. The fourth-order valence-corrected chi connectivity index (χ4v) is 2.27. The third-order valence-corrected chi connectivity index (χ3v) is 3.69. The number of nitrogens with one attached hydrogen (secondary N) is 2. The molecule has 0 spiro atoms. The Morgan fingerprint density at radius 3 is 2.58 bits per heavy atom. The molecule has 0 aromatic heterocycles. The summed E-state index contributed by atoms with van der Waals surface area (Å²) in [6, 6.07) is 14.5. The Kier molecular flexibility index (Phi) is 6.78. The standard InChI is InChI=1S/C18H19ClN2O3/c1-24-18(23)14-7-8-15(19)16(11-14)21-17(22)9-10-20-12-13-5-3-2-4-6-13/h2-8,11,20H,9-10,12H2,1H3,(H,21,22). The molecular weight excluding hydrogens is 328 g/mol. The highest BCUT2D eigenvalue weighted by Gasteiger charge is 2.11. The number of anilines is 1. The van der Waals surface area contributed by atoms with E-state index >= 15 is 0 Å². The van der Waals surface area contributed by atoms with Crippen molar-refractivity contribution in [2.45, 2.75) is 13.0 Å². The van der Waals surface area contributed by atoms with E-state index < -0.39 is 5.97 Å². The summed E-state index contributed by atoms with van der Waals surface area (Å²) < 4.78 is 4.65. The average Bonchev–Trinajstić information content (AvgIpc) is 2.61. The van der Waals surface area contributed by atoms with Crippen molar-refractivity contribution in [3.63, 3.8) is 0 Å². The maximum Gasteiger partial charge on any atom is 0.337 e. The number of methoxy groups -OCH3 is 1. The van der Waals surface area contributed by atoms with Crippen molar-refractivity contribution in [2.75, 3.05) is 19.0 Å². The number of esters is 1. The van der Waals surface area contributed by atoms with Crippen molar-refractivity contribution in [3.8, 4) is 0 Å². The maximum absolute atomic E-state index is 12.0. The predicted molar refractivity (Wildman–Crippen MR) is 94.2 cm³/mol. The van der Waals surface area contributed by atoms with Gasteiger partial charge >= 0.3 is 5.97 Å². The van der Waals surface area contributed by atoms with Gasteiger partial charge in [0.15, 0.2) is 0 Å². The summed E-state index contributed by atoms with van der Waals surface area (Å²) in [6.07, 6.45) is 0.297. The zero-order valence-electron chi connectivity index (χ0n) is 13.3. The fraction of sp³-hybridized carbons (Fsp3) is 0.222. The van der Waals surface area contributed by atoms with Crippen LogP contribution >= 0.6 is 11.6 Å². The number of hydrogen-bond acceptors (Lipinski definition) is 4. The molecule has 2 rings (SSSR count). The molecule has 0 aliphatic heterocycles. The van der Waals surface area contributed by atoms with Crippen LogP contribution in [-0.4, -0.2) is 25.5 Å². The first-order chi connectivity index (χ1) is 11.6. The van der Waals surface area contributed by atoms with Crippen molar-refractivity contribution in [2.24, 2.45) is 0 Å². The Morgan fingerprint density at radius 1 is 1.12 bits per heavy atom. The highest BCUT2D eigenvalue weighted by atomic mass is 35.5. The molecule has 0 fully saturated rings. The normalized spacial score (nSPS) is 10.2. The van der Waals surface area contributed by atoms with Crippen LogP contribution in [-0.2, 0) is 16.1 Å². The minimum atomic E-state index is -0.480. The summed E-state index contributed by atoms with van der Waals surface area (Å²) in [4.78, 5) is 23.5. The predicted octanol–water partition coefficient (Wildman–Crippen LogP) is 3.25. The molecule has 0 atom stereocenters. The van der Waals surface area contributed by atoms with Crippen LogP contribution in [0.25, 0.3) is 0 Å². The Morgan fingerprint density at radius 2 is 1.88 bits per heavy atom. The van der Waals surface area contributed by atoms with E-state index in [0.29, 0.717) is 35.8 Å². The molecule has 2 aromatic carbocycles. The maximum atomic E-state index is 12.0. The number of carbonyl (C=O) groups excluding carboxylic acids is 2. The third kappa shape index (κ3) is 5.37. The number of ether oxygens (including phenoxy) is 1. The minimum Gasteiger partial charge on any atom is -0.465 e. The van der Waals surface area contributed by atoms with E-state index in [4.69, 9.17) is 11.6 Å². The van der Waals surface area contributed by atoms with Crippen LogP contribution < -0.4 is 10.6 Å². The molecule has 0 aliphatic rings. The Hall–Kier alpha value is -2.37. The molecule has 126 valence electrons. The first-order valence-electron chi connectivity index (χ1n) is 7.52. The molecule has 0 aliphatic carbocycles. The van der Waals surface area contributed by atoms with Crippen molar-refractivity contribution in [1.82, 2.24) is 5.32 Å². The summed E-state index contributed by atoms with van der Waals surface area (Å²) in [7, 11) is 1.30. The van der Waals surface area contributed by atoms with Crippen LogP contribution in [0.4, 0.5) is 5.69 Å². The lowest BCUT2D eigenvalue weighted by atomic mass is 10.2. The van der Waals surface area contributed by atoms with E-state index in [1.165, 1.54) is 13.2 Å². The summed E-state index contributed by atoms with van der Waals surface area (Å²) in [6.45, 7) is 1.24. The molecular formula is C18H19ClN2O3. The minimum absolute atomic E-state index is 0.181. The second-order valence-electron chi connectivity index (χ2n) is 5.15. The molecule has 0 saturated heterocycles. The highest BCUT2D eigenvalue weighted by molar-refractivity contribution is 6.33. The van der Waals surface area contributed by atoms with Crippen molar-refractivity contribution >= 4 is 29.2 Å². The molecule has 24 heavy (non-hydrogen) atoms. The third-order valence-electron chi connectivity index (χ3n) is 3.36. The van der Waals surface area contributed by atoms with E-state index in [9.17, 15) is 9.59 Å².